The highest BCUT2D eigenvalue weighted by atomic mass is 16.7. The molecule has 4 saturated carbocycles. The summed E-state index contributed by atoms with van der Waals surface area (Å²) in [7, 11) is 0. The second-order valence-electron chi connectivity index (χ2n) is 18.6. The van der Waals surface area contributed by atoms with Gasteiger partial charge in [-0.25, -0.2) is 0 Å². The van der Waals surface area contributed by atoms with Crippen LogP contribution in [-0.2, 0) is 28.5 Å². The molecule has 49 heavy (non-hydrogen) atoms. The first-order valence-electron chi connectivity index (χ1n) is 18.3. The number of aliphatic hydroxyl groups excluding tert-OH is 5. The Labute approximate surface area is 288 Å². The van der Waals surface area contributed by atoms with Crippen LogP contribution in [0.25, 0.3) is 0 Å². The van der Waals surface area contributed by atoms with Crippen molar-refractivity contribution < 1.29 is 59.1 Å². The van der Waals surface area contributed by atoms with Crippen molar-refractivity contribution in [3.05, 3.63) is 11.6 Å². The van der Waals surface area contributed by atoms with E-state index in [9.17, 15) is 35.4 Å². The van der Waals surface area contributed by atoms with Crippen LogP contribution in [-0.4, -0.2) is 116 Å². The zero-order valence-electron chi connectivity index (χ0n) is 30.0. The molecule has 3 heterocycles. The van der Waals surface area contributed by atoms with Gasteiger partial charge in [0.05, 0.1) is 30.5 Å². The molecule has 6 N–H and O–H groups in total. The van der Waals surface area contributed by atoms with Crippen LogP contribution >= 0.6 is 0 Å². The van der Waals surface area contributed by atoms with E-state index in [-0.39, 0.29) is 52.7 Å². The molecule has 0 aromatic heterocycles. The van der Waals surface area contributed by atoms with Gasteiger partial charge >= 0.3 is 5.97 Å². The van der Waals surface area contributed by atoms with Gasteiger partial charge in [0.15, 0.2) is 6.29 Å². The van der Waals surface area contributed by atoms with E-state index in [1.54, 1.807) is 13.8 Å². The molecule has 3 aliphatic heterocycles. The van der Waals surface area contributed by atoms with Crippen LogP contribution < -0.4 is 0 Å². The van der Waals surface area contributed by atoms with Crippen molar-refractivity contribution in [1.29, 1.82) is 0 Å². The number of hydrogen-bond donors (Lipinski definition) is 6. The van der Waals surface area contributed by atoms with E-state index in [1.807, 2.05) is 6.92 Å². The van der Waals surface area contributed by atoms with Crippen LogP contribution in [0.5, 0.6) is 0 Å². The van der Waals surface area contributed by atoms with Crippen LogP contribution in [0.15, 0.2) is 11.6 Å². The molecule has 8 aliphatic rings. The van der Waals surface area contributed by atoms with Gasteiger partial charge in [-0.15, -0.1) is 0 Å². The number of rotatable bonds is 3. The molecular formula is C37H56O12. The highest BCUT2D eigenvalue weighted by Crippen LogP contribution is 2.88. The number of carbonyl (C=O) groups excluding carboxylic acids is 1. The lowest BCUT2D eigenvalue weighted by molar-refractivity contribution is -0.336. The number of aliphatic hydroxyl groups is 6. The Morgan fingerprint density at radius 1 is 0.980 bits per heavy atom. The topological polar surface area (TPSA) is 185 Å². The van der Waals surface area contributed by atoms with Gasteiger partial charge < -0.3 is 54.3 Å². The smallest absolute Gasteiger partial charge is 0.302 e. The van der Waals surface area contributed by atoms with Crippen molar-refractivity contribution in [3.63, 3.8) is 0 Å². The predicted molar refractivity (Wildman–Crippen MR) is 171 cm³/mol. The number of ether oxygens (including phenoxy) is 5. The molecule has 7 fully saturated rings. The first kappa shape index (κ1) is 34.9. The molecule has 5 aliphatic carbocycles. The molecule has 2 unspecified atom stereocenters. The van der Waals surface area contributed by atoms with E-state index >= 15 is 0 Å². The molecule has 0 bridgehead atoms. The minimum absolute atomic E-state index is 0.124. The molecule has 0 aromatic rings. The van der Waals surface area contributed by atoms with Gasteiger partial charge in [-0.1, -0.05) is 46.3 Å². The minimum Gasteiger partial charge on any atom is -0.462 e. The molecule has 0 aromatic carbocycles. The van der Waals surface area contributed by atoms with Crippen molar-refractivity contribution in [3.8, 4) is 0 Å². The van der Waals surface area contributed by atoms with Crippen LogP contribution in [0.2, 0.25) is 0 Å². The largest absolute Gasteiger partial charge is 0.462 e. The number of carbonyl (C=O) groups is 1. The maximum absolute atomic E-state index is 12.9. The third kappa shape index (κ3) is 3.97. The third-order valence-electron chi connectivity index (χ3n) is 15.9. The highest BCUT2D eigenvalue weighted by Gasteiger charge is 2.86. The summed E-state index contributed by atoms with van der Waals surface area (Å²) in [5, 5.41) is 66.6. The van der Waals surface area contributed by atoms with Gasteiger partial charge in [0, 0.05) is 29.1 Å². The Morgan fingerprint density at radius 2 is 1.67 bits per heavy atom. The summed E-state index contributed by atoms with van der Waals surface area (Å²) in [4.78, 5) is 12.9. The maximum atomic E-state index is 12.9. The Morgan fingerprint density at radius 3 is 2.35 bits per heavy atom. The lowest BCUT2D eigenvalue weighted by Gasteiger charge is -2.62. The van der Waals surface area contributed by atoms with Crippen LogP contribution in [0, 0.1) is 44.8 Å². The van der Waals surface area contributed by atoms with E-state index in [0.717, 1.165) is 19.3 Å². The fraction of sp³-hybridized carbons (Fsp3) is 0.919. The number of hydrogen-bond acceptors (Lipinski definition) is 12. The van der Waals surface area contributed by atoms with Gasteiger partial charge in [0.2, 0.25) is 5.79 Å². The van der Waals surface area contributed by atoms with Gasteiger partial charge in [-0.05, 0) is 68.6 Å². The normalized spacial score (nSPS) is 59.3. The standard InChI is InChI=1S/C37H56O12/c1-16-23-26(48-37(44)28(16)49-32(5,6)30(37)43)27(42)33(7)20-10-9-19-31(3,4)21(47-29-25(41)24(40)18(39)14-45-29)11-12-35(19)15-36(20,35)13-22(34(23,33)8)46-17(2)38/h10,16,18-19,21-30,39-44H,9,11-15H2,1-8H3/t16-,18+,19?,21?,22+,23-,24-,25+,26+,27-,28+,29-,30+,33+,34+,35+,36-,37-/m0/s1. The van der Waals surface area contributed by atoms with E-state index in [0.29, 0.717) is 12.8 Å². The zero-order valence-corrected chi connectivity index (χ0v) is 30.0. The summed E-state index contributed by atoms with van der Waals surface area (Å²) < 4.78 is 31.2. The van der Waals surface area contributed by atoms with Crippen molar-refractivity contribution in [1.82, 2.24) is 0 Å². The first-order chi connectivity index (χ1) is 22.6. The summed E-state index contributed by atoms with van der Waals surface area (Å²) in [5.41, 5.74) is -2.39. The Bertz CT molecular complexity index is 1450. The third-order valence-corrected chi connectivity index (χ3v) is 15.9. The van der Waals surface area contributed by atoms with Gasteiger partial charge in [0.25, 0.3) is 0 Å². The lowest BCUT2D eigenvalue weighted by atomic mass is 9.43. The Hall–Kier alpha value is -1.19. The van der Waals surface area contributed by atoms with Crippen molar-refractivity contribution >= 4 is 5.97 Å². The molecule has 12 heteroatoms. The van der Waals surface area contributed by atoms with E-state index in [4.69, 9.17) is 23.7 Å². The molecule has 0 amide bonds. The van der Waals surface area contributed by atoms with Crippen molar-refractivity contribution in [2.45, 2.75) is 160 Å². The fourth-order valence-electron chi connectivity index (χ4n) is 13.4. The fourth-order valence-corrected chi connectivity index (χ4v) is 13.4. The van der Waals surface area contributed by atoms with Crippen molar-refractivity contribution in [2.75, 3.05) is 6.61 Å². The second kappa shape index (κ2) is 10.3. The number of allylic oxidation sites excluding steroid dienone is 1. The van der Waals surface area contributed by atoms with Gasteiger partial charge in [0.1, 0.15) is 36.6 Å². The van der Waals surface area contributed by atoms with Crippen molar-refractivity contribution in [2.24, 2.45) is 44.8 Å². The van der Waals surface area contributed by atoms with Crippen LogP contribution in [0.4, 0.5) is 0 Å². The molecule has 276 valence electrons. The minimum atomic E-state index is -2.00. The van der Waals surface area contributed by atoms with Gasteiger partial charge in [-0.3, -0.25) is 4.79 Å². The predicted octanol–water partition coefficient (Wildman–Crippen LogP) is 1.55. The molecule has 18 atom stereocenters. The molecular weight excluding hydrogens is 636 g/mol. The summed E-state index contributed by atoms with van der Waals surface area (Å²) >= 11 is 0. The summed E-state index contributed by atoms with van der Waals surface area (Å²) in [5.74, 6) is -2.92. The van der Waals surface area contributed by atoms with Gasteiger partial charge in [-0.2, -0.15) is 0 Å². The van der Waals surface area contributed by atoms with E-state index < -0.39 is 77.3 Å². The van der Waals surface area contributed by atoms with Crippen LogP contribution in [0.3, 0.4) is 0 Å². The monoisotopic (exact) mass is 692 g/mol. The first-order valence-corrected chi connectivity index (χ1v) is 18.3. The molecule has 2 spiro atoms. The Balaban J connectivity index is 1.17. The average Bonchev–Trinajstić information content (AvgIpc) is 3.58. The number of fused-ring (bicyclic) bond motifs is 5. The molecule has 0 radical (unpaired) electrons. The number of esters is 1. The van der Waals surface area contributed by atoms with E-state index in [2.05, 4.69) is 33.8 Å². The zero-order chi connectivity index (χ0) is 35.6. The SMILES string of the molecule is CC(=O)O[C@@H]1C[C@@]23C[C@@]24CCC(O[C@@H]2OC[C@@H](O)[C@H](O)[C@H]2O)C(C)(C)C4CC=C3[C@]2(C)[C@@H](O)[C@@H]3O[C@@]4(O)[C@H](OC(C)(C)[C@H]4O)[C@@H](C)[C@@H]3[C@@]12C. The van der Waals surface area contributed by atoms with Crippen LogP contribution in [0.1, 0.15) is 87.5 Å². The summed E-state index contributed by atoms with van der Waals surface area (Å²) in [6.07, 6.45) is -3.81. The summed E-state index contributed by atoms with van der Waals surface area (Å²) in [6, 6.07) is 0. The molecule has 3 saturated heterocycles. The summed E-state index contributed by atoms with van der Waals surface area (Å²) in [6.45, 7) is 15.3. The van der Waals surface area contributed by atoms with E-state index in [1.165, 1.54) is 12.5 Å². The average molecular weight is 693 g/mol. The maximum Gasteiger partial charge on any atom is 0.302 e. The molecule has 8 rings (SSSR count). The molecule has 12 nitrogen and oxygen atoms in total. The highest BCUT2D eigenvalue weighted by molar-refractivity contribution is 5.66. The lowest BCUT2D eigenvalue weighted by Crippen LogP contribution is -2.64. The quantitative estimate of drug-likeness (QED) is 0.186. The Kier molecular flexibility index (Phi) is 7.31. The second-order valence-corrected chi connectivity index (χ2v) is 18.6.